The van der Waals surface area contributed by atoms with E-state index < -0.39 is 23.4 Å². The van der Waals surface area contributed by atoms with Crippen LogP contribution in [0.15, 0.2) is 0 Å². The fourth-order valence-corrected chi connectivity index (χ4v) is 1.30. The number of aliphatic carboxylic acids is 1. The van der Waals surface area contributed by atoms with Crippen molar-refractivity contribution in [3.05, 3.63) is 0 Å². The second-order valence-corrected chi connectivity index (χ2v) is 5.12. The smallest absolute Gasteiger partial charge is 0.321 e. The van der Waals surface area contributed by atoms with Crippen molar-refractivity contribution in [2.24, 2.45) is 0 Å². The number of carbonyl (C=O) groups is 3. The van der Waals surface area contributed by atoms with Crippen molar-refractivity contribution in [1.29, 1.82) is 0 Å². The van der Waals surface area contributed by atoms with Crippen molar-refractivity contribution in [2.45, 2.75) is 26.3 Å². The summed E-state index contributed by atoms with van der Waals surface area (Å²) in [4.78, 5) is 32.5. The number of carboxylic acid groups (broad SMARTS) is 1. The maximum Gasteiger partial charge on any atom is 0.321 e. The van der Waals surface area contributed by atoms with Crippen LogP contribution in [0.5, 0.6) is 0 Å². The number of rotatable bonds is 4. The van der Waals surface area contributed by atoms with E-state index in [1.54, 1.807) is 20.8 Å². The van der Waals surface area contributed by atoms with Crippen LogP contribution in [-0.2, 0) is 9.59 Å². The molecule has 0 aliphatic rings. The molecule has 6 nitrogen and oxygen atoms in total. The maximum absolute atomic E-state index is 11.2. The summed E-state index contributed by atoms with van der Waals surface area (Å²) in [7, 11) is 0. The van der Waals surface area contributed by atoms with Crippen molar-refractivity contribution >= 4 is 29.7 Å². The molecule has 0 aromatic rings. The lowest BCUT2D eigenvalue weighted by Crippen LogP contribution is -2.48. The minimum absolute atomic E-state index is 0.0517. The molecule has 0 rings (SSSR count). The van der Waals surface area contributed by atoms with Crippen LogP contribution < -0.4 is 10.6 Å². The monoisotopic (exact) mass is 248 g/mol. The van der Waals surface area contributed by atoms with Gasteiger partial charge in [0.2, 0.25) is 5.91 Å². The van der Waals surface area contributed by atoms with Crippen LogP contribution in [0.25, 0.3) is 0 Å². The van der Waals surface area contributed by atoms with E-state index in [0.29, 0.717) is 0 Å². The second kappa shape index (κ2) is 6.37. The highest BCUT2D eigenvalue weighted by Gasteiger charge is 2.15. The van der Waals surface area contributed by atoms with Gasteiger partial charge >= 0.3 is 12.0 Å². The van der Waals surface area contributed by atoms with Crippen molar-refractivity contribution in [3.63, 3.8) is 0 Å². The fourth-order valence-electron chi connectivity index (χ4n) is 0.766. The molecule has 0 aromatic heterocycles. The number of hydrogen-bond donors (Lipinski definition) is 3. The van der Waals surface area contributed by atoms with Crippen LogP contribution in [-0.4, -0.2) is 40.1 Å². The number of carbonyl (C=O) groups excluding carboxylic acids is 2. The minimum atomic E-state index is -0.989. The van der Waals surface area contributed by atoms with E-state index in [9.17, 15) is 14.4 Å². The molecule has 3 N–H and O–H groups in total. The normalized spacial score (nSPS) is 10.7. The van der Waals surface area contributed by atoms with Crippen molar-refractivity contribution in [1.82, 2.24) is 10.6 Å². The largest absolute Gasteiger partial charge is 0.481 e. The molecule has 0 aliphatic heterocycles. The highest BCUT2D eigenvalue weighted by atomic mass is 32.2. The lowest BCUT2D eigenvalue weighted by atomic mass is 10.1. The molecule has 0 spiro atoms. The van der Waals surface area contributed by atoms with Gasteiger partial charge < -0.3 is 10.4 Å². The average molecular weight is 248 g/mol. The molecule has 0 bridgehead atoms. The molecule has 0 aliphatic carbocycles. The van der Waals surface area contributed by atoms with Gasteiger partial charge in [-0.25, -0.2) is 4.79 Å². The molecule has 3 amide bonds. The van der Waals surface area contributed by atoms with Gasteiger partial charge in [0.05, 0.1) is 11.5 Å². The molecule has 0 saturated carbocycles. The summed E-state index contributed by atoms with van der Waals surface area (Å²) in [6.07, 6.45) is 0. The Hall–Kier alpha value is -1.24. The van der Waals surface area contributed by atoms with Crippen molar-refractivity contribution < 1.29 is 19.5 Å². The van der Waals surface area contributed by atoms with Crippen LogP contribution >= 0.6 is 11.8 Å². The molecule has 0 saturated heterocycles. The van der Waals surface area contributed by atoms with Gasteiger partial charge in [-0.1, -0.05) is 0 Å². The molecule has 0 unspecified atom stereocenters. The van der Waals surface area contributed by atoms with E-state index >= 15 is 0 Å². The predicted octanol–water partition coefficient (Wildman–Crippen LogP) is 0.428. The molecule has 0 radical (unpaired) electrons. The Balaban J connectivity index is 3.79. The average Bonchev–Trinajstić information content (AvgIpc) is 1.98. The summed E-state index contributed by atoms with van der Waals surface area (Å²) in [5.74, 6) is -1.71. The standard InChI is InChI=1S/C9H16N2O4S/c1-9(2,3)11-8(15)10-6(12)4-16-5-7(13)14/h4-5H2,1-3H3,(H,13,14)(H2,10,11,12,15). The van der Waals surface area contributed by atoms with Crippen LogP contribution in [0.2, 0.25) is 0 Å². The first kappa shape index (κ1) is 14.8. The Morgan fingerprint density at radius 3 is 2.19 bits per heavy atom. The Morgan fingerprint density at radius 1 is 1.19 bits per heavy atom. The van der Waals surface area contributed by atoms with Crippen molar-refractivity contribution in [2.75, 3.05) is 11.5 Å². The minimum Gasteiger partial charge on any atom is -0.481 e. The summed E-state index contributed by atoms with van der Waals surface area (Å²) in [5.41, 5.74) is -0.418. The predicted molar refractivity (Wildman–Crippen MR) is 61.4 cm³/mol. The third-order valence-corrected chi connectivity index (χ3v) is 2.12. The second-order valence-electron chi connectivity index (χ2n) is 4.14. The lowest BCUT2D eigenvalue weighted by molar-refractivity contribution is -0.133. The van der Waals surface area contributed by atoms with Crippen LogP contribution in [0.1, 0.15) is 20.8 Å². The first-order valence-electron chi connectivity index (χ1n) is 4.62. The van der Waals surface area contributed by atoms with E-state index in [2.05, 4.69) is 10.6 Å². The maximum atomic E-state index is 11.2. The number of imide groups is 1. The van der Waals surface area contributed by atoms with Crippen LogP contribution in [0, 0.1) is 0 Å². The molecule has 0 heterocycles. The van der Waals surface area contributed by atoms with Gasteiger partial charge in [0.1, 0.15) is 0 Å². The number of amides is 3. The van der Waals surface area contributed by atoms with Crippen molar-refractivity contribution in [3.8, 4) is 0 Å². The van der Waals surface area contributed by atoms with Gasteiger partial charge in [-0.3, -0.25) is 14.9 Å². The molecule has 16 heavy (non-hydrogen) atoms. The molecular formula is C9H16N2O4S. The molecule has 0 fully saturated rings. The number of nitrogens with one attached hydrogen (secondary N) is 2. The number of carboxylic acids is 1. The zero-order valence-electron chi connectivity index (χ0n) is 9.49. The van der Waals surface area contributed by atoms with Gasteiger partial charge in [-0.15, -0.1) is 11.8 Å². The molecule has 0 aromatic carbocycles. The summed E-state index contributed by atoms with van der Waals surface area (Å²) in [5, 5.41) is 13.0. The molecule has 7 heteroatoms. The van der Waals surface area contributed by atoms with E-state index in [0.717, 1.165) is 11.8 Å². The Morgan fingerprint density at radius 2 is 1.75 bits per heavy atom. The Kier molecular flexibility index (Phi) is 5.87. The summed E-state index contributed by atoms with van der Waals surface area (Å²) < 4.78 is 0. The topological polar surface area (TPSA) is 95.5 Å². The molecule has 0 atom stereocenters. The molecule has 92 valence electrons. The highest BCUT2D eigenvalue weighted by molar-refractivity contribution is 8.00. The third-order valence-electron chi connectivity index (χ3n) is 1.20. The van der Waals surface area contributed by atoms with Gasteiger partial charge in [0.25, 0.3) is 0 Å². The zero-order valence-corrected chi connectivity index (χ0v) is 10.3. The number of thioether (sulfide) groups is 1. The first-order valence-corrected chi connectivity index (χ1v) is 5.78. The van der Waals surface area contributed by atoms with Crippen LogP contribution in [0.4, 0.5) is 4.79 Å². The zero-order chi connectivity index (χ0) is 12.8. The summed E-state index contributed by atoms with van der Waals surface area (Å²) in [6.45, 7) is 5.36. The van der Waals surface area contributed by atoms with E-state index in [-0.39, 0.29) is 11.5 Å². The summed E-state index contributed by atoms with van der Waals surface area (Å²) in [6, 6.07) is -0.576. The highest BCUT2D eigenvalue weighted by Crippen LogP contribution is 1.99. The van der Waals surface area contributed by atoms with E-state index in [1.807, 2.05) is 0 Å². The van der Waals surface area contributed by atoms with Gasteiger partial charge in [-0.05, 0) is 20.8 Å². The van der Waals surface area contributed by atoms with Gasteiger partial charge in [-0.2, -0.15) is 0 Å². The van der Waals surface area contributed by atoms with Gasteiger partial charge in [0.15, 0.2) is 0 Å². The number of urea groups is 1. The van der Waals surface area contributed by atoms with Gasteiger partial charge in [0, 0.05) is 5.54 Å². The van der Waals surface area contributed by atoms with E-state index in [1.165, 1.54) is 0 Å². The van der Waals surface area contributed by atoms with E-state index in [4.69, 9.17) is 5.11 Å². The lowest BCUT2D eigenvalue weighted by Gasteiger charge is -2.20. The Bertz CT molecular complexity index is 286. The summed E-state index contributed by atoms with van der Waals surface area (Å²) >= 11 is 0.938. The third kappa shape index (κ3) is 9.32. The number of hydrogen-bond acceptors (Lipinski definition) is 4. The first-order chi connectivity index (χ1) is 7.20. The van der Waals surface area contributed by atoms with Crippen LogP contribution in [0.3, 0.4) is 0 Å². The quantitative estimate of drug-likeness (QED) is 0.670. The molecular weight excluding hydrogens is 232 g/mol. The SMILES string of the molecule is CC(C)(C)NC(=O)NC(=O)CSCC(=O)O. The fraction of sp³-hybridized carbons (Fsp3) is 0.667. The Labute approximate surface area is 98.2 Å².